The predicted octanol–water partition coefficient (Wildman–Crippen LogP) is 2.79. The highest BCUT2D eigenvalue weighted by molar-refractivity contribution is 7.62. The van der Waals surface area contributed by atoms with Crippen LogP contribution < -0.4 is 16.5 Å². The average Bonchev–Trinajstić information content (AvgIpc) is 2.85. The molecule has 2 aromatic rings. The van der Waals surface area contributed by atoms with Gasteiger partial charge in [0.15, 0.2) is 0 Å². The molecule has 2 amide bonds. The van der Waals surface area contributed by atoms with Crippen LogP contribution in [0.2, 0.25) is 0 Å². The van der Waals surface area contributed by atoms with Crippen molar-refractivity contribution in [3.05, 3.63) is 71.8 Å². The first-order valence-electron chi connectivity index (χ1n) is 10.1. The second-order valence-electron chi connectivity index (χ2n) is 7.77. The summed E-state index contributed by atoms with van der Waals surface area (Å²) in [6.07, 6.45) is 0.610. The van der Waals surface area contributed by atoms with Gasteiger partial charge in [0.2, 0.25) is 0 Å². The molecule has 0 saturated carbocycles. The van der Waals surface area contributed by atoms with Gasteiger partial charge in [0.1, 0.15) is 6.79 Å². The lowest BCUT2D eigenvalue weighted by Gasteiger charge is -2.16. The molecule has 0 unspecified atom stereocenters. The van der Waals surface area contributed by atoms with Gasteiger partial charge in [-0.25, -0.2) is 10.5 Å². The molecule has 0 aliphatic rings. The van der Waals surface area contributed by atoms with E-state index in [2.05, 4.69) is 5.32 Å². The summed E-state index contributed by atoms with van der Waals surface area (Å²) in [5.74, 6) is -0.972. The first-order chi connectivity index (χ1) is 16.3. The summed E-state index contributed by atoms with van der Waals surface area (Å²) >= 11 is 0. The molecule has 0 heterocycles. The Balaban J connectivity index is 0. The fourth-order valence-electron chi connectivity index (χ4n) is 1.88. The van der Waals surface area contributed by atoms with Crippen molar-refractivity contribution in [2.75, 3.05) is 45.9 Å². The molecule has 0 aliphatic carbocycles. The van der Waals surface area contributed by atoms with E-state index in [1.54, 1.807) is 92.8 Å². The number of nitrogens with one attached hydrogen (secondary N) is 2. The summed E-state index contributed by atoms with van der Waals surface area (Å²) in [4.78, 5) is 30.3. The average molecular weight is 530 g/mol. The maximum absolute atomic E-state index is 11.7. The molecule has 35 heavy (non-hydrogen) atoms. The van der Waals surface area contributed by atoms with Gasteiger partial charge in [-0.3, -0.25) is 25.3 Å². The molecule has 0 spiro atoms. The zero-order chi connectivity index (χ0) is 27.5. The number of carbonyl (C=O) groups excluding carboxylic acids is 3. The van der Waals surface area contributed by atoms with Crippen molar-refractivity contribution >= 4 is 32.9 Å². The van der Waals surface area contributed by atoms with E-state index in [4.69, 9.17) is 15.7 Å². The van der Waals surface area contributed by atoms with E-state index in [9.17, 15) is 23.9 Å². The lowest BCUT2D eigenvalue weighted by Crippen LogP contribution is -2.36. The van der Waals surface area contributed by atoms with Gasteiger partial charge < -0.3 is 19.7 Å². The topological polar surface area (TPSA) is 179 Å². The van der Waals surface area contributed by atoms with Crippen LogP contribution in [0.1, 0.15) is 20.7 Å². The molecule has 0 fully saturated rings. The molecule has 196 valence electrons. The lowest BCUT2D eigenvalue weighted by atomic mass is 10.2. The van der Waals surface area contributed by atoms with Gasteiger partial charge in [-0.05, 0) is 50.9 Å². The molecule has 2 rings (SSSR count). The predicted molar refractivity (Wildman–Crippen MR) is 138 cm³/mol. The third kappa shape index (κ3) is 19.4. The van der Waals surface area contributed by atoms with Gasteiger partial charge in [-0.15, -0.1) is 0 Å². The second-order valence-corrected chi connectivity index (χ2v) is 14.8. The number of nitrogens with zero attached hydrogens (tertiary/aromatic N) is 1. The smallest absolute Gasteiger partial charge is 0.278 e. The molecule has 0 aromatic heterocycles. The fourth-order valence-corrected chi connectivity index (χ4v) is 2.52. The number of amides is 2. The Kier molecular flexibility index (Phi) is 18.4. The zero-order valence-corrected chi connectivity index (χ0v) is 22.2. The number of hydroxylamine groups is 3. The maximum Gasteiger partial charge on any atom is 0.278 e. The van der Waals surface area contributed by atoms with E-state index in [1.165, 1.54) is 0 Å². The lowest BCUT2D eigenvalue weighted by molar-refractivity contribution is -0.0980. The Morgan fingerprint density at radius 3 is 1.63 bits per heavy atom. The van der Waals surface area contributed by atoms with Crippen molar-refractivity contribution in [2.24, 2.45) is 5.73 Å². The van der Waals surface area contributed by atoms with E-state index >= 15 is 0 Å². The number of hydrogen-bond donors (Lipinski definition) is 5. The van der Waals surface area contributed by atoms with E-state index in [0.717, 1.165) is 0 Å². The van der Waals surface area contributed by atoms with Crippen LogP contribution in [-0.2, 0) is 13.9 Å². The quantitative estimate of drug-likeness (QED) is 0.156. The maximum atomic E-state index is 11.7. The first-order valence-corrected chi connectivity index (χ1v) is 15.7. The van der Waals surface area contributed by atoms with Crippen molar-refractivity contribution in [1.82, 2.24) is 15.9 Å². The highest BCUT2D eigenvalue weighted by atomic mass is 31.2. The zero-order valence-electron chi connectivity index (χ0n) is 20.5. The third-order valence-corrected chi connectivity index (χ3v) is 5.45. The standard InChI is InChI=1S/C11H17N2O3P.C7H7NO2.C3H10NOP.CH2O/c1-17(2,16)9-12-8-13(15)11(14)10-6-4-3-5-7-10;9-7(8-10)6-4-2-1-3-5-6;1-6(2,5)3-4;1-2/h3-7,12,15H,8-9H2,1-2H3;1-5,10H,(H,8,9);3-4H2,1-2H3;1H2. The van der Waals surface area contributed by atoms with Crippen LogP contribution >= 0.6 is 14.3 Å². The highest BCUT2D eigenvalue weighted by Crippen LogP contribution is 2.33. The normalized spacial score (nSPS) is 10.1. The molecule has 0 radical (unpaired) electrons. The minimum atomic E-state index is -2.18. The number of nitrogens with two attached hydrogens (primary N) is 1. The van der Waals surface area contributed by atoms with Crippen LogP contribution in [0.15, 0.2) is 60.7 Å². The van der Waals surface area contributed by atoms with E-state index in [-0.39, 0.29) is 13.0 Å². The van der Waals surface area contributed by atoms with Crippen molar-refractivity contribution in [3.8, 4) is 0 Å². The fraction of sp³-hybridized carbons (Fsp3) is 0.318. The van der Waals surface area contributed by atoms with Gasteiger partial charge in [0.25, 0.3) is 11.8 Å². The summed E-state index contributed by atoms with van der Waals surface area (Å²) < 4.78 is 21.8. The van der Waals surface area contributed by atoms with Crippen LogP contribution in [0, 0.1) is 0 Å². The van der Waals surface area contributed by atoms with E-state index in [1.807, 2.05) is 6.79 Å². The van der Waals surface area contributed by atoms with Crippen molar-refractivity contribution in [1.29, 1.82) is 0 Å². The Bertz CT molecular complexity index is 951. The highest BCUT2D eigenvalue weighted by Gasteiger charge is 2.13. The monoisotopic (exact) mass is 530 g/mol. The summed E-state index contributed by atoms with van der Waals surface area (Å²) in [7, 11) is -4.05. The Morgan fingerprint density at radius 2 is 1.29 bits per heavy atom. The summed E-state index contributed by atoms with van der Waals surface area (Å²) in [5.41, 5.74) is 7.44. The van der Waals surface area contributed by atoms with Crippen molar-refractivity contribution in [2.45, 2.75) is 0 Å². The van der Waals surface area contributed by atoms with Gasteiger partial charge in [-0.1, -0.05) is 36.4 Å². The Labute approximate surface area is 206 Å². The second kappa shape index (κ2) is 18.6. The van der Waals surface area contributed by atoms with Gasteiger partial charge in [0, 0.05) is 17.4 Å². The molecule has 0 atom stereocenters. The third-order valence-electron chi connectivity index (χ3n) is 3.59. The number of carbonyl (C=O) groups is 3. The van der Waals surface area contributed by atoms with Crippen LogP contribution in [-0.4, -0.2) is 80.0 Å². The van der Waals surface area contributed by atoms with E-state index in [0.29, 0.717) is 22.5 Å². The summed E-state index contributed by atoms with van der Waals surface area (Å²) in [5, 5.41) is 21.0. The largest absolute Gasteiger partial charge is 0.324 e. The number of hydrogen-bond acceptors (Lipinski definition) is 9. The van der Waals surface area contributed by atoms with Gasteiger partial charge >= 0.3 is 0 Å². The molecule has 0 aliphatic heterocycles. The van der Waals surface area contributed by atoms with E-state index < -0.39 is 26.1 Å². The van der Waals surface area contributed by atoms with Crippen LogP contribution in [0.5, 0.6) is 0 Å². The molecule has 0 saturated heterocycles. The Hall–Kier alpha value is -2.65. The number of rotatable bonds is 7. The van der Waals surface area contributed by atoms with Crippen LogP contribution in [0.25, 0.3) is 0 Å². The first kappa shape index (κ1) is 34.5. The Morgan fingerprint density at radius 1 is 0.886 bits per heavy atom. The summed E-state index contributed by atoms with van der Waals surface area (Å²) in [6.45, 7) is 8.58. The van der Waals surface area contributed by atoms with Gasteiger partial charge in [-0.2, -0.15) is 0 Å². The SMILES string of the molecule is C=O.CP(C)(=O)CN.CP(C)(=O)CNCN(O)C(=O)c1ccccc1.O=C(NO)c1ccccc1. The van der Waals surface area contributed by atoms with Crippen LogP contribution in [0.4, 0.5) is 0 Å². The molecular formula is C22H36N4O7P2. The molecule has 0 bridgehead atoms. The van der Waals surface area contributed by atoms with Gasteiger partial charge in [0.05, 0.1) is 27.2 Å². The number of benzene rings is 2. The molecule has 2 aromatic carbocycles. The minimum absolute atomic E-state index is 0.0423. The summed E-state index contributed by atoms with van der Waals surface area (Å²) in [6, 6.07) is 17.0. The molecule has 13 heteroatoms. The van der Waals surface area contributed by atoms with Crippen molar-refractivity contribution < 1.29 is 33.9 Å². The van der Waals surface area contributed by atoms with Crippen LogP contribution in [0.3, 0.4) is 0 Å². The molecule has 11 nitrogen and oxygen atoms in total. The minimum Gasteiger partial charge on any atom is -0.324 e. The molecule has 6 N–H and O–H groups in total. The van der Waals surface area contributed by atoms with Crippen molar-refractivity contribution in [3.63, 3.8) is 0 Å². The molecular weight excluding hydrogens is 494 g/mol.